The standard InChI is InChI=1S/C13H24N4O3/c1-13(2,3)12(18)14-5-8-19-10-11-20-9-7-17-6-4-15-16-17/h4,6H,5,7-11H2,1-3H3,(H,14,18). The first-order valence-corrected chi connectivity index (χ1v) is 6.78. The molecule has 0 bridgehead atoms. The van der Waals surface area contributed by atoms with Crippen LogP contribution in [0, 0.1) is 5.41 Å². The molecule has 0 aromatic carbocycles. The van der Waals surface area contributed by atoms with E-state index in [1.54, 1.807) is 17.1 Å². The molecule has 7 heteroatoms. The SMILES string of the molecule is CC(C)(C)C(=O)NCCOCCOCCn1ccnn1. The molecule has 0 radical (unpaired) electrons. The van der Waals surface area contributed by atoms with Crippen LogP contribution in [0.4, 0.5) is 0 Å². The summed E-state index contributed by atoms with van der Waals surface area (Å²) >= 11 is 0. The number of aromatic nitrogens is 3. The summed E-state index contributed by atoms with van der Waals surface area (Å²) in [5, 5.41) is 10.3. The lowest BCUT2D eigenvalue weighted by atomic mass is 9.96. The van der Waals surface area contributed by atoms with Crippen LogP contribution in [0.2, 0.25) is 0 Å². The second-order valence-electron chi connectivity index (χ2n) is 5.40. The van der Waals surface area contributed by atoms with Crippen LogP contribution >= 0.6 is 0 Å². The van der Waals surface area contributed by atoms with Crippen molar-refractivity contribution in [2.45, 2.75) is 27.3 Å². The zero-order valence-corrected chi connectivity index (χ0v) is 12.5. The van der Waals surface area contributed by atoms with E-state index >= 15 is 0 Å². The van der Waals surface area contributed by atoms with Gasteiger partial charge in [-0.1, -0.05) is 26.0 Å². The fourth-order valence-corrected chi connectivity index (χ4v) is 1.33. The van der Waals surface area contributed by atoms with Gasteiger partial charge in [-0.2, -0.15) is 0 Å². The third kappa shape index (κ3) is 7.20. The van der Waals surface area contributed by atoms with Crippen molar-refractivity contribution in [3.8, 4) is 0 Å². The van der Waals surface area contributed by atoms with Crippen molar-refractivity contribution in [2.75, 3.05) is 33.0 Å². The van der Waals surface area contributed by atoms with E-state index in [1.165, 1.54) is 0 Å². The van der Waals surface area contributed by atoms with Crippen LogP contribution in [0.5, 0.6) is 0 Å². The van der Waals surface area contributed by atoms with Crippen LogP contribution in [0.1, 0.15) is 20.8 Å². The zero-order valence-electron chi connectivity index (χ0n) is 12.5. The van der Waals surface area contributed by atoms with Crippen LogP contribution < -0.4 is 5.32 Å². The van der Waals surface area contributed by atoms with Gasteiger partial charge in [0.2, 0.25) is 5.91 Å². The van der Waals surface area contributed by atoms with Gasteiger partial charge in [-0.15, -0.1) is 5.10 Å². The first kappa shape index (κ1) is 16.6. The first-order valence-electron chi connectivity index (χ1n) is 6.78. The summed E-state index contributed by atoms with van der Waals surface area (Å²) in [4.78, 5) is 11.5. The molecular weight excluding hydrogens is 260 g/mol. The quantitative estimate of drug-likeness (QED) is 0.667. The van der Waals surface area contributed by atoms with Gasteiger partial charge in [-0.25, -0.2) is 0 Å². The number of hydrogen-bond acceptors (Lipinski definition) is 5. The number of carbonyl (C=O) groups is 1. The molecule has 1 N–H and O–H groups in total. The van der Waals surface area contributed by atoms with E-state index in [0.717, 1.165) is 0 Å². The zero-order chi connectivity index (χ0) is 14.8. The molecule has 0 fully saturated rings. The summed E-state index contributed by atoms with van der Waals surface area (Å²) in [7, 11) is 0. The van der Waals surface area contributed by atoms with E-state index in [2.05, 4.69) is 15.6 Å². The van der Waals surface area contributed by atoms with Gasteiger partial charge >= 0.3 is 0 Å². The summed E-state index contributed by atoms with van der Waals surface area (Å²) in [6.07, 6.45) is 3.42. The van der Waals surface area contributed by atoms with E-state index < -0.39 is 0 Å². The summed E-state index contributed by atoms with van der Waals surface area (Å²) in [5.41, 5.74) is -0.357. The maximum absolute atomic E-state index is 11.5. The fraction of sp³-hybridized carbons (Fsp3) is 0.769. The highest BCUT2D eigenvalue weighted by molar-refractivity contribution is 5.81. The molecular formula is C13H24N4O3. The van der Waals surface area contributed by atoms with Crippen molar-refractivity contribution in [3.63, 3.8) is 0 Å². The normalized spacial score (nSPS) is 11.6. The maximum atomic E-state index is 11.5. The number of amides is 1. The average molecular weight is 284 g/mol. The summed E-state index contributed by atoms with van der Waals surface area (Å²) < 4.78 is 12.5. The monoisotopic (exact) mass is 284 g/mol. The molecule has 1 aromatic rings. The molecule has 0 aliphatic heterocycles. The van der Waals surface area contributed by atoms with Crippen molar-refractivity contribution in [1.29, 1.82) is 0 Å². The highest BCUT2D eigenvalue weighted by Gasteiger charge is 2.20. The second-order valence-corrected chi connectivity index (χ2v) is 5.40. The number of ether oxygens (including phenoxy) is 2. The molecule has 0 spiro atoms. The van der Waals surface area contributed by atoms with Crippen molar-refractivity contribution >= 4 is 5.91 Å². The summed E-state index contributed by atoms with van der Waals surface area (Å²) in [6, 6.07) is 0. The Bertz CT molecular complexity index is 373. The van der Waals surface area contributed by atoms with Crippen molar-refractivity contribution in [2.24, 2.45) is 5.41 Å². The molecule has 1 rings (SSSR count). The lowest BCUT2D eigenvalue weighted by Crippen LogP contribution is -2.36. The van der Waals surface area contributed by atoms with Gasteiger partial charge in [-0.05, 0) is 0 Å². The predicted molar refractivity (Wildman–Crippen MR) is 74.1 cm³/mol. The molecule has 0 aliphatic carbocycles. The number of nitrogens with zero attached hydrogens (tertiary/aromatic N) is 3. The highest BCUT2D eigenvalue weighted by atomic mass is 16.5. The Labute approximate surface area is 119 Å². The molecule has 0 saturated carbocycles. The molecule has 1 amide bonds. The largest absolute Gasteiger partial charge is 0.377 e. The van der Waals surface area contributed by atoms with Gasteiger partial charge < -0.3 is 14.8 Å². The number of hydrogen-bond donors (Lipinski definition) is 1. The minimum absolute atomic E-state index is 0.0326. The first-order chi connectivity index (χ1) is 9.50. The van der Waals surface area contributed by atoms with E-state index in [0.29, 0.717) is 39.5 Å². The number of nitrogens with one attached hydrogen (secondary N) is 1. The molecule has 1 heterocycles. The minimum atomic E-state index is -0.357. The van der Waals surface area contributed by atoms with Crippen LogP contribution in [0.25, 0.3) is 0 Å². The van der Waals surface area contributed by atoms with Crippen molar-refractivity contribution in [3.05, 3.63) is 12.4 Å². The Balaban J connectivity index is 1.87. The van der Waals surface area contributed by atoms with Gasteiger partial charge in [-0.3, -0.25) is 9.48 Å². The lowest BCUT2D eigenvalue weighted by molar-refractivity contribution is -0.128. The summed E-state index contributed by atoms with van der Waals surface area (Å²) in [5.74, 6) is 0.0326. The maximum Gasteiger partial charge on any atom is 0.225 e. The topological polar surface area (TPSA) is 78.3 Å². The van der Waals surface area contributed by atoms with Gasteiger partial charge in [0, 0.05) is 18.2 Å². The summed E-state index contributed by atoms with van der Waals surface area (Å²) in [6.45, 7) is 8.97. The van der Waals surface area contributed by atoms with Crippen molar-refractivity contribution in [1.82, 2.24) is 20.3 Å². The smallest absolute Gasteiger partial charge is 0.225 e. The number of carbonyl (C=O) groups excluding carboxylic acids is 1. The molecule has 7 nitrogen and oxygen atoms in total. The van der Waals surface area contributed by atoms with Gasteiger partial charge in [0.05, 0.1) is 39.2 Å². The predicted octanol–water partition coefficient (Wildman–Crippen LogP) is 0.474. The van der Waals surface area contributed by atoms with E-state index in [4.69, 9.17) is 9.47 Å². The van der Waals surface area contributed by atoms with E-state index in [9.17, 15) is 4.79 Å². The van der Waals surface area contributed by atoms with Crippen LogP contribution in [-0.2, 0) is 20.8 Å². The van der Waals surface area contributed by atoms with Crippen LogP contribution in [0.3, 0.4) is 0 Å². The molecule has 0 atom stereocenters. The van der Waals surface area contributed by atoms with Crippen molar-refractivity contribution < 1.29 is 14.3 Å². The Morgan fingerprint density at radius 1 is 1.20 bits per heavy atom. The lowest BCUT2D eigenvalue weighted by Gasteiger charge is -2.17. The Hall–Kier alpha value is -1.47. The Morgan fingerprint density at radius 3 is 2.50 bits per heavy atom. The Kier molecular flexibility index (Phi) is 7.17. The Morgan fingerprint density at radius 2 is 1.90 bits per heavy atom. The third-order valence-electron chi connectivity index (χ3n) is 2.52. The van der Waals surface area contributed by atoms with E-state index in [-0.39, 0.29) is 11.3 Å². The van der Waals surface area contributed by atoms with Gasteiger partial charge in [0.25, 0.3) is 0 Å². The molecule has 1 aromatic heterocycles. The van der Waals surface area contributed by atoms with Gasteiger partial charge in [0.15, 0.2) is 0 Å². The average Bonchev–Trinajstić information content (AvgIpc) is 2.88. The molecule has 114 valence electrons. The van der Waals surface area contributed by atoms with Gasteiger partial charge in [0.1, 0.15) is 0 Å². The minimum Gasteiger partial charge on any atom is -0.377 e. The fourth-order valence-electron chi connectivity index (χ4n) is 1.33. The van der Waals surface area contributed by atoms with E-state index in [1.807, 2.05) is 20.8 Å². The van der Waals surface area contributed by atoms with Crippen LogP contribution in [-0.4, -0.2) is 53.9 Å². The number of rotatable bonds is 9. The highest BCUT2D eigenvalue weighted by Crippen LogP contribution is 2.11. The third-order valence-corrected chi connectivity index (χ3v) is 2.52. The second kappa shape index (κ2) is 8.65. The van der Waals surface area contributed by atoms with Crippen LogP contribution in [0.15, 0.2) is 12.4 Å². The molecule has 20 heavy (non-hydrogen) atoms. The molecule has 0 aliphatic rings. The molecule has 0 saturated heterocycles. The molecule has 0 unspecified atom stereocenters.